The van der Waals surface area contributed by atoms with Crippen LogP contribution in [0.3, 0.4) is 0 Å². The lowest BCUT2D eigenvalue weighted by atomic mass is 10.1. The summed E-state index contributed by atoms with van der Waals surface area (Å²) in [7, 11) is 0. The van der Waals surface area contributed by atoms with Crippen molar-refractivity contribution in [2.24, 2.45) is 0 Å². The molecule has 2 aromatic heterocycles. The maximum Gasteiger partial charge on any atom is 0.254 e. The van der Waals surface area contributed by atoms with Crippen LogP contribution in [0.5, 0.6) is 0 Å². The van der Waals surface area contributed by atoms with Crippen molar-refractivity contribution < 1.29 is 9.59 Å². The Kier molecular flexibility index (Phi) is 5.86. The Morgan fingerprint density at radius 2 is 1.86 bits per heavy atom. The lowest BCUT2D eigenvalue weighted by Gasteiger charge is -2.23. The summed E-state index contributed by atoms with van der Waals surface area (Å²) in [5, 5.41) is 2.91. The van der Waals surface area contributed by atoms with Crippen molar-refractivity contribution in [3.8, 4) is 0 Å². The van der Waals surface area contributed by atoms with E-state index in [1.165, 1.54) is 0 Å². The SMILES string of the molecule is O=C1CCSc2ccc(C(=O)N(Cc3ccncc3)Cc3cccnc3)cc2N1. The van der Waals surface area contributed by atoms with Gasteiger partial charge in [0.15, 0.2) is 0 Å². The number of carbonyl (C=O) groups is 2. The van der Waals surface area contributed by atoms with E-state index in [-0.39, 0.29) is 11.8 Å². The predicted molar refractivity (Wildman–Crippen MR) is 112 cm³/mol. The smallest absolute Gasteiger partial charge is 0.254 e. The van der Waals surface area contributed by atoms with Gasteiger partial charge in [0, 0.05) is 60.5 Å². The molecule has 6 nitrogen and oxygen atoms in total. The highest BCUT2D eigenvalue weighted by Crippen LogP contribution is 2.32. The number of pyridine rings is 2. The number of hydrogen-bond acceptors (Lipinski definition) is 5. The summed E-state index contributed by atoms with van der Waals surface area (Å²) in [5.41, 5.74) is 3.20. The molecule has 146 valence electrons. The number of nitrogens with one attached hydrogen (secondary N) is 1. The molecular formula is C22H20N4O2S. The molecule has 1 N–H and O–H groups in total. The maximum atomic E-state index is 13.4. The largest absolute Gasteiger partial charge is 0.330 e. The van der Waals surface area contributed by atoms with Gasteiger partial charge in [0.25, 0.3) is 5.91 Å². The van der Waals surface area contributed by atoms with Crippen molar-refractivity contribution in [2.75, 3.05) is 11.1 Å². The Labute approximate surface area is 173 Å². The summed E-state index contributed by atoms with van der Waals surface area (Å²) in [4.78, 5) is 36.3. The van der Waals surface area contributed by atoms with Gasteiger partial charge in [0.1, 0.15) is 0 Å². The highest BCUT2D eigenvalue weighted by Gasteiger charge is 2.20. The van der Waals surface area contributed by atoms with E-state index in [0.717, 1.165) is 21.8 Å². The Balaban J connectivity index is 1.63. The molecule has 0 aliphatic carbocycles. The first kappa shape index (κ1) is 19.1. The van der Waals surface area contributed by atoms with Crippen LogP contribution in [-0.2, 0) is 17.9 Å². The average molecular weight is 404 g/mol. The molecule has 0 radical (unpaired) electrons. The average Bonchev–Trinajstić information content (AvgIpc) is 2.94. The van der Waals surface area contributed by atoms with Crippen LogP contribution in [-0.4, -0.2) is 32.4 Å². The minimum absolute atomic E-state index is 0.0233. The van der Waals surface area contributed by atoms with E-state index in [1.807, 2.05) is 36.4 Å². The van der Waals surface area contributed by atoms with Gasteiger partial charge in [0.2, 0.25) is 5.91 Å². The van der Waals surface area contributed by atoms with E-state index in [9.17, 15) is 9.59 Å². The Morgan fingerprint density at radius 3 is 2.66 bits per heavy atom. The molecule has 1 aliphatic rings. The number of aromatic nitrogens is 2. The van der Waals surface area contributed by atoms with Gasteiger partial charge in [-0.25, -0.2) is 0 Å². The number of rotatable bonds is 5. The number of anilines is 1. The molecule has 4 rings (SSSR count). The third-order valence-electron chi connectivity index (χ3n) is 4.59. The second-order valence-corrected chi connectivity index (χ2v) is 7.87. The third-order valence-corrected chi connectivity index (χ3v) is 5.67. The van der Waals surface area contributed by atoms with Gasteiger partial charge in [-0.05, 0) is 47.5 Å². The molecule has 1 aromatic carbocycles. The molecule has 0 saturated heterocycles. The summed E-state index contributed by atoms with van der Waals surface area (Å²) >= 11 is 1.62. The predicted octanol–water partition coefficient (Wildman–Crippen LogP) is 3.75. The number of nitrogens with zero attached hydrogens (tertiary/aromatic N) is 3. The number of thioether (sulfide) groups is 1. The number of fused-ring (bicyclic) bond motifs is 1. The Bertz CT molecular complexity index is 970. The second kappa shape index (κ2) is 8.87. The normalized spacial score (nSPS) is 13.2. The molecule has 0 bridgehead atoms. The Hall–Kier alpha value is -3.19. The molecule has 2 amide bonds. The van der Waals surface area contributed by atoms with Crippen molar-refractivity contribution in [1.82, 2.24) is 14.9 Å². The van der Waals surface area contributed by atoms with Crippen molar-refractivity contribution in [2.45, 2.75) is 24.4 Å². The minimum Gasteiger partial charge on any atom is -0.330 e. The third kappa shape index (κ3) is 4.81. The first-order valence-electron chi connectivity index (χ1n) is 9.33. The summed E-state index contributed by atoms with van der Waals surface area (Å²) in [6.07, 6.45) is 7.39. The van der Waals surface area contributed by atoms with Crippen LogP contribution in [0.4, 0.5) is 5.69 Å². The van der Waals surface area contributed by atoms with Gasteiger partial charge in [0.05, 0.1) is 5.69 Å². The summed E-state index contributed by atoms with van der Waals surface area (Å²) in [5.74, 6) is 0.614. The standard InChI is InChI=1S/C22H20N4O2S/c27-21-7-11-29-20-4-3-18(12-19(20)25-21)22(28)26(14-16-5-9-23-10-6-16)15-17-2-1-8-24-13-17/h1-6,8-10,12-13H,7,11,14-15H2,(H,25,27). The Morgan fingerprint density at radius 1 is 1.03 bits per heavy atom. The lowest BCUT2D eigenvalue weighted by Crippen LogP contribution is -2.30. The zero-order chi connectivity index (χ0) is 20.1. The molecule has 0 saturated carbocycles. The van der Waals surface area contributed by atoms with E-state index in [2.05, 4.69) is 15.3 Å². The number of hydrogen-bond donors (Lipinski definition) is 1. The van der Waals surface area contributed by atoms with Crippen LogP contribution in [0.25, 0.3) is 0 Å². The lowest BCUT2D eigenvalue weighted by molar-refractivity contribution is -0.115. The number of carbonyl (C=O) groups excluding carboxylic acids is 2. The second-order valence-electron chi connectivity index (χ2n) is 6.74. The van der Waals surface area contributed by atoms with Gasteiger partial charge < -0.3 is 10.2 Å². The molecule has 3 heterocycles. The summed E-state index contributed by atoms with van der Waals surface area (Å²) in [6.45, 7) is 0.891. The summed E-state index contributed by atoms with van der Waals surface area (Å²) < 4.78 is 0. The van der Waals surface area contributed by atoms with Crippen LogP contribution < -0.4 is 5.32 Å². The number of benzene rings is 1. The topological polar surface area (TPSA) is 75.2 Å². The van der Waals surface area contributed by atoms with Crippen LogP contribution in [0, 0.1) is 0 Å². The highest BCUT2D eigenvalue weighted by atomic mass is 32.2. The molecule has 1 aliphatic heterocycles. The first-order valence-corrected chi connectivity index (χ1v) is 10.3. The fourth-order valence-electron chi connectivity index (χ4n) is 3.16. The fraction of sp³-hybridized carbons (Fsp3) is 0.182. The summed E-state index contributed by atoms with van der Waals surface area (Å²) in [6, 6.07) is 13.1. The zero-order valence-electron chi connectivity index (χ0n) is 15.7. The monoisotopic (exact) mass is 404 g/mol. The van der Waals surface area contributed by atoms with Gasteiger partial charge in [-0.2, -0.15) is 0 Å². The van der Waals surface area contributed by atoms with E-state index in [0.29, 0.717) is 30.8 Å². The van der Waals surface area contributed by atoms with Crippen LogP contribution in [0.15, 0.2) is 72.1 Å². The first-order chi connectivity index (χ1) is 14.2. The van der Waals surface area contributed by atoms with Gasteiger partial charge in [-0.1, -0.05) is 6.07 Å². The van der Waals surface area contributed by atoms with E-state index in [1.54, 1.807) is 47.5 Å². The molecule has 0 fully saturated rings. The van der Waals surface area contributed by atoms with Crippen molar-refractivity contribution in [1.29, 1.82) is 0 Å². The van der Waals surface area contributed by atoms with Crippen molar-refractivity contribution >= 4 is 29.3 Å². The molecular weight excluding hydrogens is 384 g/mol. The molecule has 0 spiro atoms. The number of amides is 2. The molecule has 29 heavy (non-hydrogen) atoms. The van der Waals surface area contributed by atoms with Crippen molar-refractivity contribution in [3.05, 3.63) is 83.9 Å². The van der Waals surface area contributed by atoms with Gasteiger partial charge >= 0.3 is 0 Å². The maximum absolute atomic E-state index is 13.4. The molecule has 0 atom stereocenters. The minimum atomic E-state index is -0.100. The van der Waals surface area contributed by atoms with Gasteiger partial charge in [-0.15, -0.1) is 11.8 Å². The zero-order valence-corrected chi connectivity index (χ0v) is 16.6. The molecule has 7 heteroatoms. The van der Waals surface area contributed by atoms with Crippen LogP contribution in [0.2, 0.25) is 0 Å². The van der Waals surface area contributed by atoms with E-state index in [4.69, 9.17) is 0 Å². The fourth-order valence-corrected chi connectivity index (χ4v) is 4.09. The molecule has 3 aromatic rings. The van der Waals surface area contributed by atoms with Gasteiger partial charge in [-0.3, -0.25) is 19.6 Å². The van der Waals surface area contributed by atoms with E-state index >= 15 is 0 Å². The van der Waals surface area contributed by atoms with E-state index < -0.39 is 0 Å². The van der Waals surface area contributed by atoms with Crippen molar-refractivity contribution in [3.63, 3.8) is 0 Å². The van der Waals surface area contributed by atoms with Crippen LogP contribution in [0.1, 0.15) is 27.9 Å². The quantitative estimate of drug-likeness (QED) is 0.701. The molecule has 0 unspecified atom stereocenters. The highest BCUT2D eigenvalue weighted by molar-refractivity contribution is 7.99. The van der Waals surface area contributed by atoms with Crippen LogP contribution >= 0.6 is 11.8 Å².